The van der Waals surface area contributed by atoms with Gasteiger partial charge in [-0.05, 0) is 31.0 Å². The Balaban J connectivity index is 1.59. The minimum absolute atomic E-state index is 0.271. The topological polar surface area (TPSA) is 85.6 Å². The maximum atomic E-state index is 12.3. The molecule has 0 fully saturated rings. The number of benzene rings is 1. The lowest BCUT2D eigenvalue weighted by molar-refractivity contribution is -0.124. The average Bonchev–Trinajstić information content (AvgIpc) is 2.94. The molecule has 0 spiro atoms. The van der Waals surface area contributed by atoms with E-state index in [2.05, 4.69) is 15.4 Å². The molecule has 0 bridgehead atoms. The summed E-state index contributed by atoms with van der Waals surface area (Å²) in [5, 5.41) is 6.94. The van der Waals surface area contributed by atoms with Gasteiger partial charge in [0.15, 0.2) is 12.3 Å². The third kappa shape index (κ3) is 3.65. The molecule has 0 saturated carbocycles. The summed E-state index contributed by atoms with van der Waals surface area (Å²) < 4.78 is 6.62. The summed E-state index contributed by atoms with van der Waals surface area (Å²) in [6.45, 7) is 3.71. The molecule has 0 saturated heterocycles. The number of aromatic nitrogens is 3. The van der Waals surface area contributed by atoms with Crippen LogP contribution in [0.5, 0.6) is 0 Å². The fourth-order valence-corrected chi connectivity index (χ4v) is 2.49. The number of hydrogen-bond acceptors (Lipinski definition) is 5. The van der Waals surface area contributed by atoms with Gasteiger partial charge in [0.1, 0.15) is 5.56 Å². The van der Waals surface area contributed by atoms with Crippen LogP contribution >= 0.6 is 0 Å². The molecule has 3 rings (SSSR count). The molecule has 0 aliphatic carbocycles. The first kappa shape index (κ1) is 16.6. The Hall–Kier alpha value is -3.22. The molecule has 1 aromatic carbocycles. The van der Waals surface area contributed by atoms with E-state index in [9.17, 15) is 9.59 Å². The molecule has 3 aromatic rings. The van der Waals surface area contributed by atoms with Gasteiger partial charge >= 0.3 is 5.97 Å². The third-order valence-corrected chi connectivity index (χ3v) is 3.85. The number of carbonyl (C=O) groups excluding carboxylic acids is 2. The molecule has 128 valence electrons. The number of carbonyl (C=O) groups is 2. The van der Waals surface area contributed by atoms with Crippen molar-refractivity contribution in [3.63, 3.8) is 0 Å². The van der Waals surface area contributed by atoms with E-state index in [0.717, 1.165) is 11.1 Å². The van der Waals surface area contributed by atoms with E-state index in [1.165, 1.54) is 4.52 Å². The molecular formula is C18H18N4O3. The molecule has 0 aliphatic rings. The number of nitrogens with zero attached hydrogens (tertiary/aromatic N) is 3. The first-order valence-corrected chi connectivity index (χ1v) is 7.84. The van der Waals surface area contributed by atoms with Crippen molar-refractivity contribution in [3.8, 4) is 0 Å². The minimum atomic E-state index is -0.614. The van der Waals surface area contributed by atoms with Gasteiger partial charge < -0.3 is 10.1 Å². The highest BCUT2D eigenvalue weighted by molar-refractivity contribution is 5.98. The van der Waals surface area contributed by atoms with E-state index < -0.39 is 5.97 Å². The van der Waals surface area contributed by atoms with Crippen LogP contribution in [0.4, 0.5) is 0 Å². The Bertz CT molecular complexity index is 933. The Morgan fingerprint density at radius 3 is 2.80 bits per heavy atom. The second-order valence-corrected chi connectivity index (χ2v) is 5.63. The van der Waals surface area contributed by atoms with Gasteiger partial charge in [-0.15, -0.1) is 0 Å². The first-order valence-electron chi connectivity index (χ1n) is 7.84. The predicted molar refractivity (Wildman–Crippen MR) is 91.0 cm³/mol. The highest BCUT2D eigenvalue weighted by Gasteiger charge is 2.20. The number of hydrogen-bond donors (Lipinski definition) is 1. The summed E-state index contributed by atoms with van der Waals surface area (Å²) in [5.74, 6) is -0.976. The second kappa shape index (κ2) is 7.12. The van der Waals surface area contributed by atoms with Gasteiger partial charge in [0.05, 0.1) is 5.69 Å². The van der Waals surface area contributed by atoms with Crippen LogP contribution in [0.3, 0.4) is 0 Å². The zero-order valence-corrected chi connectivity index (χ0v) is 14.0. The quantitative estimate of drug-likeness (QED) is 0.717. The number of nitrogens with one attached hydrogen (secondary N) is 1. The largest absolute Gasteiger partial charge is 0.452 e. The second-order valence-electron chi connectivity index (χ2n) is 5.63. The van der Waals surface area contributed by atoms with Crippen LogP contribution in [0.25, 0.3) is 5.65 Å². The van der Waals surface area contributed by atoms with Crippen LogP contribution < -0.4 is 5.32 Å². The third-order valence-electron chi connectivity index (χ3n) is 3.85. The highest BCUT2D eigenvalue weighted by atomic mass is 16.5. The van der Waals surface area contributed by atoms with E-state index in [4.69, 9.17) is 4.74 Å². The van der Waals surface area contributed by atoms with E-state index in [0.29, 0.717) is 17.9 Å². The Kier molecular flexibility index (Phi) is 4.74. The number of ether oxygens (including phenoxy) is 1. The van der Waals surface area contributed by atoms with Crippen LogP contribution in [0.1, 0.15) is 27.2 Å². The lowest BCUT2D eigenvalue weighted by atomic mass is 10.1. The maximum absolute atomic E-state index is 12.3. The van der Waals surface area contributed by atoms with Gasteiger partial charge in [0.2, 0.25) is 0 Å². The lowest BCUT2D eigenvalue weighted by Gasteiger charge is -2.08. The fraction of sp³-hybridized carbons (Fsp3) is 0.222. The molecule has 7 heteroatoms. The van der Waals surface area contributed by atoms with Gasteiger partial charge in [0.25, 0.3) is 5.91 Å². The van der Waals surface area contributed by atoms with Crippen molar-refractivity contribution in [2.24, 2.45) is 0 Å². The summed E-state index contributed by atoms with van der Waals surface area (Å²) in [4.78, 5) is 28.3. The number of fused-ring (bicyclic) bond motifs is 1. The summed E-state index contributed by atoms with van der Waals surface area (Å²) >= 11 is 0. The van der Waals surface area contributed by atoms with Gasteiger partial charge in [-0.25, -0.2) is 14.3 Å². The monoisotopic (exact) mass is 338 g/mol. The van der Waals surface area contributed by atoms with Gasteiger partial charge in [0, 0.05) is 18.9 Å². The van der Waals surface area contributed by atoms with Crippen molar-refractivity contribution >= 4 is 17.5 Å². The highest BCUT2D eigenvalue weighted by Crippen LogP contribution is 2.14. The smallest absolute Gasteiger partial charge is 0.344 e. The average molecular weight is 338 g/mol. The van der Waals surface area contributed by atoms with E-state index in [1.807, 2.05) is 31.2 Å². The molecule has 0 unspecified atom stereocenters. The van der Waals surface area contributed by atoms with E-state index in [1.54, 1.807) is 25.4 Å². The first-order chi connectivity index (χ1) is 12.1. The van der Waals surface area contributed by atoms with Gasteiger partial charge in [-0.1, -0.05) is 24.3 Å². The van der Waals surface area contributed by atoms with Gasteiger partial charge in [-0.2, -0.15) is 5.10 Å². The fourth-order valence-electron chi connectivity index (χ4n) is 2.49. The van der Waals surface area contributed by atoms with Crippen molar-refractivity contribution in [2.75, 3.05) is 6.61 Å². The molecule has 1 N–H and O–H groups in total. The molecule has 25 heavy (non-hydrogen) atoms. The van der Waals surface area contributed by atoms with Crippen molar-refractivity contribution < 1.29 is 14.3 Å². The van der Waals surface area contributed by atoms with Crippen molar-refractivity contribution in [2.45, 2.75) is 20.4 Å². The van der Waals surface area contributed by atoms with Crippen molar-refractivity contribution in [3.05, 3.63) is 65.1 Å². The zero-order valence-electron chi connectivity index (χ0n) is 14.0. The zero-order chi connectivity index (χ0) is 17.8. The maximum Gasteiger partial charge on any atom is 0.344 e. The van der Waals surface area contributed by atoms with Crippen LogP contribution in [0, 0.1) is 13.8 Å². The molecule has 0 aliphatic heterocycles. The number of esters is 1. The van der Waals surface area contributed by atoms with Crippen molar-refractivity contribution in [1.29, 1.82) is 0 Å². The molecule has 0 atom stereocenters. The van der Waals surface area contributed by atoms with Crippen molar-refractivity contribution in [1.82, 2.24) is 19.9 Å². The summed E-state index contributed by atoms with van der Waals surface area (Å²) in [6.07, 6.45) is 3.27. The standard InChI is InChI=1S/C18H18N4O3/c1-12-6-3-4-7-14(12)10-20-15(23)11-25-18(24)16-13(2)21-22-9-5-8-19-17(16)22/h3-9H,10-11H2,1-2H3,(H,20,23). The van der Waals surface area contributed by atoms with E-state index >= 15 is 0 Å². The number of aryl methyl sites for hydroxylation is 2. The molecular weight excluding hydrogens is 320 g/mol. The molecule has 0 radical (unpaired) electrons. The molecule has 2 aromatic heterocycles. The number of rotatable bonds is 5. The summed E-state index contributed by atoms with van der Waals surface area (Å²) in [6, 6.07) is 9.48. The predicted octanol–water partition coefficient (Wildman–Crippen LogP) is 1.82. The van der Waals surface area contributed by atoms with Crippen LogP contribution in [0.15, 0.2) is 42.7 Å². The molecule has 2 heterocycles. The van der Waals surface area contributed by atoms with Crippen LogP contribution in [-0.2, 0) is 16.1 Å². The Labute approximate surface area is 144 Å². The molecule has 7 nitrogen and oxygen atoms in total. The Morgan fingerprint density at radius 2 is 2.00 bits per heavy atom. The Morgan fingerprint density at radius 1 is 1.20 bits per heavy atom. The van der Waals surface area contributed by atoms with E-state index in [-0.39, 0.29) is 18.1 Å². The van der Waals surface area contributed by atoms with Crippen LogP contribution in [0.2, 0.25) is 0 Å². The lowest BCUT2D eigenvalue weighted by Crippen LogP contribution is -2.28. The van der Waals surface area contributed by atoms with Crippen LogP contribution in [-0.4, -0.2) is 33.1 Å². The molecule has 1 amide bonds. The van der Waals surface area contributed by atoms with Gasteiger partial charge in [-0.3, -0.25) is 4.79 Å². The number of amides is 1. The SMILES string of the molecule is Cc1ccccc1CNC(=O)COC(=O)c1c(C)nn2cccnc12. The normalized spacial score (nSPS) is 10.6. The minimum Gasteiger partial charge on any atom is -0.452 e. The summed E-state index contributed by atoms with van der Waals surface area (Å²) in [5.41, 5.74) is 3.29. The summed E-state index contributed by atoms with van der Waals surface area (Å²) in [7, 11) is 0.